The van der Waals surface area contributed by atoms with Crippen LogP contribution in [0.15, 0.2) is 69.7 Å². The summed E-state index contributed by atoms with van der Waals surface area (Å²) < 4.78 is 25.1. The Morgan fingerprint density at radius 3 is 2.12 bits per heavy atom. The SMILES string of the molecule is Cc1onc(C(=O)O)c1NCc1ccc(F)c(-c2cc(-c3ccc(Nc4c(C(=O)O)noc4C)cc3)ccc2C#N)c1. The van der Waals surface area contributed by atoms with Crippen LogP contribution < -0.4 is 10.6 Å². The van der Waals surface area contributed by atoms with Crippen molar-refractivity contribution in [2.24, 2.45) is 0 Å². The number of hydrogen-bond acceptors (Lipinski definition) is 9. The number of benzene rings is 3. The molecule has 0 spiro atoms. The van der Waals surface area contributed by atoms with E-state index < -0.39 is 17.8 Å². The average molecular weight is 568 g/mol. The first-order valence-corrected chi connectivity index (χ1v) is 12.5. The van der Waals surface area contributed by atoms with Gasteiger partial charge >= 0.3 is 11.9 Å². The van der Waals surface area contributed by atoms with Crippen LogP contribution in [0.3, 0.4) is 0 Å². The van der Waals surface area contributed by atoms with E-state index in [1.165, 1.54) is 6.07 Å². The molecule has 42 heavy (non-hydrogen) atoms. The number of halogens is 1. The Bertz CT molecular complexity index is 1870. The second kappa shape index (κ2) is 11.3. The molecule has 4 N–H and O–H groups in total. The number of carbonyl (C=O) groups is 2. The van der Waals surface area contributed by atoms with Crippen molar-refractivity contribution >= 4 is 29.0 Å². The number of aromatic nitrogens is 2. The molecule has 0 aliphatic rings. The van der Waals surface area contributed by atoms with Crippen LogP contribution in [-0.2, 0) is 6.54 Å². The van der Waals surface area contributed by atoms with E-state index in [1.54, 1.807) is 68.4 Å². The van der Waals surface area contributed by atoms with Crippen LogP contribution >= 0.6 is 0 Å². The number of rotatable bonds is 9. The Morgan fingerprint density at radius 1 is 0.857 bits per heavy atom. The molecule has 2 aromatic heterocycles. The van der Waals surface area contributed by atoms with E-state index in [0.717, 1.165) is 11.1 Å². The molecule has 210 valence electrons. The first-order valence-electron chi connectivity index (χ1n) is 12.5. The summed E-state index contributed by atoms with van der Waals surface area (Å²) in [6.07, 6.45) is 0. The lowest BCUT2D eigenvalue weighted by Crippen LogP contribution is -2.06. The Balaban J connectivity index is 1.43. The third-order valence-electron chi connectivity index (χ3n) is 6.55. The quantitative estimate of drug-likeness (QED) is 0.156. The van der Waals surface area contributed by atoms with Crippen molar-refractivity contribution in [1.29, 1.82) is 5.26 Å². The van der Waals surface area contributed by atoms with Gasteiger partial charge in [0.2, 0.25) is 11.4 Å². The molecule has 0 atom stereocenters. The molecule has 3 aromatic carbocycles. The standard InChI is InChI=1S/C30H22FN5O6/c1-15-25(27(29(37)38)35-41-15)33-14-17-3-10-24(31)23(11-17)22-12-19(4-5-20(22)13-32)18-6-8-21(9-7-18)34-26-16(2)42-36-28(26)30(39)40/h3-12,33-34H,14H2,1-2H3,(H,37,38)(H,39,40). The fourth-order valence-electron chi connectivity index (χ4n) is 4.41. The van der Waals surface area contributed by atoms with Crippen molar-refractivity contribution < 1.29 is 33.2 Å². The van der Waals surface area contributed by atoms with Crippen molar-refractivity contribution in [2.75, 3.05) is 10.6 Å². The number of nitrogens with zero attached hydrogens (tertiary/aromatic N) is 3. The zero-order valence-corrected chi connectivity index (χ0v) is 22.2. The predicted octanol–water partition coefficient (Wildman–Crippen LogP) is 6.38. The first-order chi connectivity index (χ1) is 20.2. The molecule has 0 aliphatic heterocycles. The third kappa shape index (κ3) is 5.39. The number of aromatic carboxylic acids is 2. The molecular weight excluding hydrogens is 545 g/mol. The van der Waals surface area contributed by atoms with Crippen molar-refractivity contribution in [3.05, 3.63) is 101 Å². The largest absolute Gasteiger partial charge is 0.476 e. The van der Waals surface area contributed by atoms with Gasteiger partial charge in [-0.1, -0.05) is 34.6 Å². The summed E-state index contributed by atoms with van der Waals surface area (Å²) in [5, 5.41) is 41.5. The smallest absolute Gasteiger partial charge is 0.360 e. The molecule has 0 radical (unpaired) electrons. The van der Waals surface area contributed by atoms with E-state index in [9.17, 15) is 25.1 Å². The van der Waals surface area contributed by atoms with Gasteiger partial charge in [0.1, 0.15) is 17.2 Å². The molecule has 0 saturated heterocycles. The van der Waals surface area contributed by atoms with Gasteiger partial charge in [0.25, 0.3) is 0 Å². The molecule has 0 bridgehead atoms. The molecule has 0 amide bonds. The molecule has 0 saturated carbocycles. The predicted molar refractivity (Wildman–Crippen MR) is 149 cm³/mol. The molecule has 0 unspecified atom stereocenters. The maximum absolute atomic E-state index is 15.1. The summed E-state index contributed by atoms with van der Waals surface area (Å²) in [6.45, 7) is 3.33. The Hall–Kier alpha value is -5.96. The minimum atomic E-state index is -1.24. The number of hydrogen-bond donors (Lipinski definition) is 4. The van der Waals surface area contributed by atoms with Gasteiger partial charge in [-0.25, -0.2) is 14.0 Å². The van der Waals surface area contributed by atoms with Gasteiger partial charge in [0.05, 0.1) is 11.6 Å². The van der Waals surface area contributed by atoms with E-state index in [-0.39, 0.29) is 40.4 Å². The average Bonchev–Trinajstić information content (AvgIpc) is 3.54. The van der Waals surface area contributed by atoms with Crippen LogP contribution in [0, 0.1) is 31.0 Å². The van der Waals surface area contributed by atoms with E-state index in [1.807, 2.05) is 0 Å². The first kappa shape index (κ1) is 27.6. The molecule has 11 nitrogen and oxygen atoms in total. The number of nitrogens with one attached hydrogen (secondary N) is 2. The highest BCUT2D eigenvalue weighted by Crippen LogP contribution is 2.33. The topological polar surface area (TPSA) is 175 Å². The number of aryl methyl sites for hydroxylation is 2. The maximum Gasteiger partial charge on any atom is 0.360 e. The van der Waals surface area contributed by atoms with Gasteiger partial charge in [0, 0.05) is 23.4 Å². The summed E-state index contributed by atoms with van der Waals surface area (Å²) in [5.41, 5.74) is 3.58. The monoisotopic (exact) mass is 567 g/mol. The van der Waals surface area contributed by atoms with Gasteiger partial charge in [-0.15, -0.1) is 0 Å². The van der Waals surface area contributed by atoms with E-state index in [2.05, 4.69) is 27.0 Å². The van der Waals surface area contributed by atoms with E-state index >= 15 is 4.39 Å². The number of carboxylic acid groups (broad SMARTS) is 2. The summed E-state index contributed by atoms with van der Waals surface area (Å²) in [6, 6.07) is 18.7. The zero-order valence-electron chi connectivity index (χ0n) is 22.2. The van der Waals surface area contributed by atoms with Crippen LogP contribution in [-0.4, -0.2) is 32.5 Å². The second-order valence-electron chi connectivity index (χ2n) is 9.28. The number of nitriles is 1. The van der Waals surface area contributed by atoms with Gasteiger partial charge in [-0.05, 0) is 66.9 Å². The summed E-state index contributed by atoms with van der Waals surface area (Å²) >= 11 is 0. The Morgan fingerprint density at radius 2 is 1.48 bits per heavy atom. The fourth-order valence-corrected chi connectivity index (χ4v) is 4.41. The van der Waals surface area contributed by atoms with Gasteiger partial charge in [-0.2, -0.15) is 5.26 Å². The minimum Gasteiger partial charge on any atom is -0.476 e. The fraction of sp³-hybridized carbons (Fsp3) is 0.100. The van der Waals surface area contributed by atoms with Gasteiger partial charge in [0.15, 0.2) is 11.5 Å². The van der Waals surface area contributed by atoms with Crippen LogP contribution in [0.5, 0.6) is 0 Å². The van der Waals surface area contributed by atoms with Crippen LogP contribution in [0.25, 0.3) is 22.3 Å². The Labute approximate surface area is 237 Å². The highest BCUT2D eigenvalue weighted by Gasteiger charge is 2.20. The van der Waals surface area contributed by atoms with Gasteiger partial charge < -0.3 is 29.9 Å². The molecule has 12 heteroatoms. The number of anilines is 3. The summed E-state index contributed by atoms with van der Waals surface area (Å²) in [5.74, 6) is -2.37. The molecule has 5 aromatic rings. The van der Waals surface area contributed by atoms with Crippen LogP contribution in [0.1, 0.15) is 43.6 Å². The summed E-state index contributed by atoms with van der Waals surface area (Å²) in [7, 11) is 0. The highest BCUT2D eigenvalue weighted by molar-refractivity contribution is 5.93. The second-order valence-corrected chi connectivity index (χ2v) is 9.28. The van der Waals surface area contributed by atoms with E-state index in [0.29, 0.717) is 28.3 Å². The molecule has 5 rings (SSSR count). The van der Waals surface area contributed by atoms with Crippen molar-refractivity contribution in [1.82, 2.24) is 10.3 Å². The van der Waals surface area contributed by atoms with E-state index in [4.69, 9.17) is 9.05 Å². The summed E-state index contributed by atoms with van der Waals surface area (Å²) in [4.78, 5) is 22.8. The molecule has 0 aliphatic carbocycles. The van der Waals surface area contributed by atoms with Crippen molar-refractivity contribution in [3.8, 4) is 28.3 Å². The lowest BCUT2D eigenvalue weighted by Gasteiger charge is -2.12. The third-order valence-corrected chi connectivity index (χ3v) is 6.55. The lowest BCUT2D eigenvalue weighted by atomic mass is 9.93. The molecular formula is C30H22FN5O6. The number of carboxylic acids is 2. The lowest BCUT2D eigenvalue weighted by molar-refractivity contribution is 0.0675. The normalized spacial score (nSPS) is 10.7. The van der Waals surface area contributed by atoms with Gasteiger partial charge in [-0.3, -0.25) is 0 Å². The zero-order chi connectivity index (χ0) is 30.0. The van der Waals surface area contributed by atoms with Crippen LogP contribution in [0.2, 0.25) is 0 Å². The highest BCUT2D eigenvalue weighted by atomic mass is 19.1. The Kier molecular flexibility index (Phi) is 7.40. The molecule has 2 heterocycles. The van der Waals surface area contributed by atoms with Crippen molar-refractivity contribution in [2.45, 2.75) is 20.4 Å². The van der Waals surface area contributed by atoms with Crippen LogP contribution in [0.4, 0.5) is 21.5 Å². The minimum absolute atomic E-state index is 0.154. The molecule has 0 fully saturated rings. The maximum atomic E-state index is 15.1. The van der Waals surface area contributed by atoms with Crippen molar-refractivity contribution in [3.63, 3.8) is 0 Å².